The van der Waals surface area contributed by atoms with Gasteiger partial charge >= 0.3 is 0 Å². The first-order chi connectivity index (χ1) is 16.8. The molecule has 186 valence electrons. The number of carbonyl (C=O) groups excluding carboxylic acids is 1. The van der Waals surface area contributed by atoms with Crippen molar-refractivity contribution >= 4 is 42.6 Å². The molecule has 1 atom stereocenters. The topological polar surface area (TPSA) is 89.0 Å². The Morgan fingerprint density at radius 3 is 2.57 bits per heavy atom. The van der Waals surface area contributed by atoms with Gasteiger partial charge in [0.2, 0.25) is 10.0 Å². The van der Waals surface area contributed by atoms with Gasteiger partial charge in [0, 0.05) is 31.3 Å². The van der Waals surface area contributed by atoms with Gasteiger partial charge < -0.3 is 9.47 Å². The van der Waals surface area contributed by atoms with Crippen LogP contribution in [-0.4, -0.2) is 69.2 Å². The number of fused-ring (bicyclic) bond motifs is 1. The highest BCUT2D eigenvalue weighted by Crippen LogP contribution is 2.33. The first-order valence-electron chi connectivity index (χ1n) is 11.2. The molecule has 0 radical (unpaired) electrons. The molecule has 2 aliphatic heterocycles. The minimum Gasteiger partial charge on any atom is -0.379 e. The first-order valence-corrected chi connectivity index (χ1v) is 13.5. The number of aromatic nitrogens is 1. The zero-order chi connectivity index (χ0) is 24.6. The molecule has 0 spiro atoms. The van der Waals surface area contributed by atoms with E-state index < -0.39 is 27.6 Å². The highest BCUT2D eigenvalue weighted by molar-refractivity contribution is 7.89. The summed E-state index contributed by atoms with van der Waals surface area (Å²) < 4.78 is 66.3. The third kappa shape index (κ3) is 4.94. The summed E-state index contributed by atoms with van der Waals surface area (Å²) in [6.07, 6.45) is 1.41. The smallest absolute Gasteiger partial charge is 0.260 e. The van der Waals surface area contributed by atoms with Crippen molar-refractivity contribution < 1.29 is 31.5 Å². The monoisotopic (exact) mass is 523 g/mol. The van der Waals surface area contributed by atoms with Gasteiger partial charge in [-0.2, -0.15) is 4.31 Å². The molecule has 8 nitrogen and oxygen atoms in total. The Kier molecular flexibility index (Phi) is 6.82. The summed E-state index contributed by atoms with van der Waals surface area (Å²) in [5, 5.41) is 0.218. The molecule has 0 saturated carbocycles. The molecule has 3 aromatic rings. The van der Waals surface area contributed by atoms with E-state index in [2.05, 4.69) is 4.98 Å². The number of nitrogens with zero attached hydrogens (tertiary/aromatic N) is 3. The van der Waals surface area contributed by atoms with Crippen LogP contribution in [0.15, 0.2) is 41.3 Å². The van der Waals surface area contributed by atoms with Crippen LogP contribution in [0.1, 0.15) is 23.2 Å². The van der Waals surface area contributed by atoms with Gasteiger partial charge in [-0.1, -0.05) is 11.3 Å². The first kappa shape index (κ1) is 24.2. The van der Waals surface area contributed by atoms with E-state index in [-0.39, 0.29) is 51.5 Å². The van der Waals surface area contributed by atoms with Gasteiger partial charge in [0.15, 0.2) is 10.9 Å². The number of thiazole rings is 1. The lowest BCUT2D eigenvalue weighted by molar-refractivity contribution is 0.0730. The lowest BCUT2D eigenvalue weighted by Gasteiger charge is -2.26. The fraction of sp³-hybridized carbons (Fsp3) is 0.391. The van der Waals surface area contributed by atoms with E-state index in [1.807, 2.05) is 0 Å². The molecule has 2 aromatic carbocycles. The van der Waals surface area contributed by atoms with Crippen LogP contribution in [0.3, 0.4) is 0 Å². The highest BCUT2D eigenvalue weighted by Gasteiger charge is 2.29. The van der Waals surface area contributed by atoms with Crippen LogP contribution < -0.4 is 4.90 Å². The summed E-state index contributed by atoms with van der Waals surface area (Å²) >= 11 is 1.01. The van der Waals surface area contributed by atoms with Gasteiger partial charge in [0.05, 0.1) is 35.5 Å². The minimum absolute atomic E-state index is 0.0107. The molecule has 0 bridgehead atoms. The molecule has 3 heterocycles. The fourth-order valence-electron chi connectivity index (χ4n) is 4.16. The molecular formula is C23H23F2N3O5S2. The number of morpholine rings is 1. The molecule has 2 saturated heterocycles. The zero-order valence-electron chi connectivity index (χ0n) is 18.7. The van der Waals surface area contributed by atoms with E-state index >= 15 is 0 Å². The predicted molar refractivity (Wildman–Crippen MR) is 126 cm³/mol. The normalized spacial score (nSPS) is 19.3. The average molecular weight is 524 g/mol. The van der Waals surface area contributed by atoms with Crippen LogP contribution in [0, 0.1) is 11.6 Å². The Balaban J connectivity index is 1.45. The van der Waals surface area contributed by atoms with E-state index in [0.29, 0.717) is 19.8 Å². The molecule has 0 aliphatic carbocycles. The van der Waals surface area contributed by atoms with E-state index in [1.165, 1.54) is 39.5 Å². The van der Waals surface area contributed by atoms with Crippen molar-refractivity contribution in [2.75, 3.05) is 44.4 Å². The maximum absolute atomic E-state index is 14.3. The Bertz CT molecular complexity index is 1340. The number of ether oxygens (including phenoxy) is 2. The van der Waals surface area contributed by atoms with Gasteiger partial charge in [-0.05, 0) is 43.2 Å². The summed E-state index contributed by atoms with van der Waals surface area (Å²) in [6.45, 7) is 1.98. The van der Waals surface area contributed by atoms with Gasteiger partial charge in [-0.25, -0.2) is 22.2 Å². The second-order valence-electron chi connectivity index (χ2n) is 8.32. The quantitative estimate of drug-likeness (QED) is 0.492. The zero-order valence-corrected chi connectivity index (χ0v) is 20.3. The molecular weight excluding hydrogens is 500 g/mol. The van der Waals surface area contributed by atoms with E-state index in [0.717, 1.165) is 30.2 Å². The van der Waals surface area contributed by atoms with Crippen molar-refractivity contribution in [1.82, 2.24) is 9.29 Å². The van der Waals surface area contributed by atoms with Crippen LogP contribution in [0.25, 0.3) is 10.2 Å². The second kappa shape index (κ2) is 9.86. The summed E-state index contributed by atoms with van der Waals surface area (Å²) in [4.78, 5) is 19.3. The number of hydrogen-bond donors (Lipinski definition) is 0. The molecule has 2 aliphatic rings. The molecule has 1 unspecified atom stereocenters. The van der Waals surface area contributed by atoms with E-state index in [1.54, 1.807) is 0 Å². The Morgan fingerprint density at radius 2 is 1.89 bits per heavy atom. The van der Waals surface area contributed by atoms with Crippen molar-refractivity contribution in [3.8, 4) is 0 Å². The van der Waals surface area contributed by atoms with Crippen molar-refractivity contribution in [2.45, 2.75) is 23.8 Å². The number of sulfonamides is 1. The molecule has 1 amide bonds. The maximum atomic E-state index is 14.3. The van der Waals surface area contributed by atoms with E-state index in [9.17, 15) is 22.0 Å². The Hall–Kier alpha value is -2.51. The van der Waals surface area contributed by atoms with Crippen molar-refractivity contribution in [2.24, 2.45) is 0 Å². The molecule has 1 aromatic heterocycles. The highest BCUT2D eigenvalue weighted by atomic mass is 32.2. The molecule has 5 rings (SSSR count). The molecule has 2 fully saturated rings. The van der Waals surface area contributed by atoms with Crippen molar-refractivity contribution in [3.63, 3.8) is 0 Å². The third-order valence-corrected chi connectivity index (χ3v) is 8.94. The van der Waals surface area contributed by atoms with Crippen molar-refractivity contribution in [3.05, 3.63) is 53.6 Å². The number of rotatable bonds is 6. The standard InChI is InChI=1S/C23H23F2N3O5S2/c24-16-12-19(25)21-20(13-16)34-23(26-21)28(14-17-2-1-9-33-17)22(29)15-3-5-18(6-4-15)35(30,31)27-7-10-32-11-8-27/h3-6,12-13,17H,1-2,7-11,14H2. The van der Waals surface area contributed by atoms with Crippen LogP contribution in [-0.2, 0) is 19.5 Å². The summed E-state index contributed by atoms with van der Waals surface area (Å²) in [5.41, 5.74) is 0.235. The van der Waals surface area contributed by atoms with E-state index in [4.69, 9.17) is 9.47 Å². The lowest BCUT2D eigenvalue weighted by atomic mass is 10.2. The number of hydrogen-bond acceptors (Lipinski definition) is 7. The number of halogens is 2. The summed E-state index contributed by atoms with van der Waals surface area (Å²) in [7, 11) is -3.70. The average Bonchev–Trinajstić information content (AvgIpc) is 3.53. The van der Waals surface area contributed by atoms with Crippen LogP contribution in [0.5, 0.6) is 0 Å². The van der Waals surface area contributed by atoms with Gasteiger partial charge in [0.25, 0.3) is 5.91 Å². The number of benzene rings is 2. The number of amides is 1. The maximum Gasteiger partial charge on any atom is 0.260 e. The fourth-order valence-corrected chi connectivity index (χ4v) is 6.58. The van der Waals surface area contributed by atoms with Gasteiger partial charge in [-0.15, -0.1) is 0 Å². The Morgan fingerprint density at radius 1 is 1.14 bits per heavy atom. The van der Waals surface area contributed by atoms with Crippen LogP contribution in [0.4, 0.5) is 13.9 Å². The van der Waals surface area contributed by atoms with Crippen molar-refractivity contribution in [1.29, 1.82) is 0 Å². The van der Waals surface area contributed by atoms with Crippen LogP contribution in [0.2, 0.25) is 0 Å². The second-order valence-corrected chi connectivity index (χ2v) is 11.3. The predicted octanol–water partition coefficient (Wildman–Crippen LogP) is 3.42. The lowest BCUT2D eigenvalue weighted by Crippen LogP contribution is -2.40. The van der Waals surface area contributed by atoms with Gasteiger partial charge in [0.1, 0.15) is 11.3 Å². The SMILES string of the molecule is O=C(c1ccc(S(=O)(=O)N2CCOCC2)cc1)N(CC1CCCO1)c1nc2c(F)cc(F)cc2s1. The third-order valence-electron chi connectivity index (χ3n) is 6.00. The largest absolute Gasteiger partial charge is 0.379 e. The molecule has 35 heavy (non-hydrogen) atoms. The number of carbonyl (C=O) groups is 1. The summed E-state index contributed by atoms with van der Waals surface area (Å²) in [6, 6.07) is 7.63. The molecule has 0 N–H and O–H groups in total. The Labute approximate surface area is 205 Å². The molecule has 12 heteroatoms. The van der Waals surface area contributed by atoms with Crippen LogP contribution >= 0.6 is 11.3 Å². The van der Waals surface area contributed by atoms with Gasteiger partial charge in [-0.3, -0.25) is 9.69 Å². The minimum atomic E-state index is -3.70. The summed E-state index contributed by atoms with van der Waals surface area (Å²) in [5.74, 6) is -1.96. The number of anilines is 1.